The lowest BCUT2D eigenvalue weighted by atomic mass is 10.1. The summed E-state index contributed by atoms with van der Waals surface area (Å²) in [5.74, 6) is 1.01. The summed E-state index contributed by atoms with van der Waals surface area (Å²) in [6, 6.07) is 6.09. The number of aliphatic carboxylic acids is 1. The normalized spacial score (nSPS) is 20.9. The van der Waals surface area contributed by atoms with E-state index in [0.717, 1.165) is 18.8 Å². The van der Waals surface area contributed by atoms with Gasteiger partial charge in [-0.1, -0.05) is 29.3 Å². The molecule has 0 aromatic heterocycles. The summed E-state index contributed by atoms with van der Waals surface area (Å²) >= 11 is 1.73. The number of carboxylic acids is 1. The van der Waals surface area contributed by atoms with Gasteiger partial charge < -0.3 is 5.11 Å². The van der Waals surface area contributed by atoms with E-state index in [2.05, 4.69) is 36.9 Å². The molecule has 0 radical (unpaired) electrons. The van der Waals surface area contributed by atoms with Crippen LogP contribution >= 0.6 is 11.8 Å². The largest absolute Gasteiger partial charge is 0.480 e. The minimum atomic E-state index is -0.702. The Balaban J connectivity index is 2.13. The summed E-state index contributed by atoms with van der Waals surface area (Å²) in [7, 11) is 0. The van der Waals surface area contributed by atoms with E-state index in [9.17, 15) is 9.90 Å². The molecule has 0 saturated carbocycles. The molecule has 4 heteroatoms. The molecule has 3 nitrogen and oxygen atoms in total. The van der Waals surface area contributed by atoms with E-state index >= 15 is 0 Å². The van der Waals surface area contributed by atoms with Crippen molar-refractivity contribution in [3.63, 3.8) is 0 Å². The van der Waals surface area contributed by atoms with Gasteiger partial charge in [-0.3, -0.25) is 9.69 Å². The Hall–Kier alpha value is -1.00. The van der Waals surface area contributed by atoms with Crippen LogP contribution in [0.15, 0.2) is 18.2 Å². The van der Waals surface area contributed by atoms with E-state index in [1.165, 1.54) is 16.7 Å². The maximum absolute atomic E-state index is 11.2. The van der Waals surface area contributed by atoms with Gasteiger partial charge in [0.2, 0.25) is 0 Å². The molecule has 1 unspecified atom stereocenters. The fourth-order valence-corrected chi connectivity index (χ4v) is 3.56. The summed E-state index contributed by atoms with van der Waals surface area (Å²) in [4.78, 5) is 13.3. The van der Waals surface area contributed by atoms with Gasteiger partial charge in [-0.25, -0.2) is 0 Å². The molecule has 1 aliphatic heterocycles. The zero-order chi connectivity index (χ0) is 13.1. The molecule has 1 N–H and O–H groups in total. The fraction of sp³-hybridized carbons (Fsp3) is 0.500. The molecule has 98 valence electrons. The number of benzene rings is 1. The molecule has 2 rings (SSSR count). The van der Waals surface area contributed by atoms with Crippen LogP contribution in [0.1, 0.15) is 16.7 Å². The highest BCUT2D eigenvalue weighted by Gasteiger charge is 2.28. The van der Waals surface area contributed by atoms with Gasteiger partial charge in [-0.15, -0.1) is 0 Å². The molecule has 1 aliphatic rings. The topological polar surface area (TPSA) is 40.5 Å². The molecule has 0 amide bonds. The van der Waals surface area contributed by atoms with Gasteiger partial charge in [0.15, 0.2) is 0 Å². The second-order valence-corrected chi connectivity index (χ2v) is 6.05. The quantitative estimate of drug-likeness (QED) is 0.910. The van der Waals surface area contributed by atoms with Crippen LogP contribution in [0.4, 0.5) is 0 Å². The number of carboxylic acid groups (broad SMARTS) is 1. The zero-order valence-corrected chi connectivity index (χ0v) is 11.7. The molecule has 1 aromatic carbocycles. The highest BCUT2D eigenvalue weighted by molar-refractivity contribution is 7.99. The average Bonchev–Trinajstić information content (AvgIpc) is 2.27. The predicted octanol–water partition coefficient (Wildman–Crippen LogP) is 2.31. The third kappa shape index (κ3) is 3.27. The maximum Gasteiger partial charge on any atom is 0.321 e. The third-order valence-corrected chi connectivity index (χ3v) is 4.21. The molecule has 1 saturated heterocycles. The van der Waals surface area contributed by atoms with E-state index in [1.807, 2.05) is 0 Å². The van der Waals surface area contributed by atoms with Gasteiger partial charge in [-0.2, -0.15) is 11.8 Å². The second kappa shape index (κ2) is 5.76. The predicted molar refractivity (Wildman–Crippen MR) is 75.1 cm³/mol. The first-order chi connectivity index (χ1) is 8.56. The number of thioether (sulfide) groups is 1. The fourth-order valence-electron chi connectivity index (χ4n) is 2.45. The molecule has 0 aliphatic carbocycles. The van der Waals surface area contributed by atoms with E-state index in [-0.39, 0.29) is 6.04 Å². The van der Waals surface area contributed by atoms with E-state index in [0.29, 0.717) is 5.75 Å². The summed E-state index contributed by atoms with van der Waals surface area (Å²) in [5.41, 5.74) is 3.69. The van der Waals surface area contributed by atoms with Crippen LogP contribution in [0, 0.1) is 13.8 Å². The first kappa shape index (κ1) is 13.4. The Morgan fingerprint density at radius 3 is 2.67 bits per heavy atom. The van der Waals surface area contributed by atoms with Gasteiger partial charge in [0.05, 0.1) is 0 Å². The Morgan fingerprint density at radius 1 is 1.39 bits per heavy atom. The van der Waals surface area contributed by atoms with Crippen LogP contribution in [0.3, 0.4) is 0 Å². The van der Waals surface area contributed by atoms with Gasteiger partial charge in [-0.05, 0) is 19.4 Å². The summed E-state index contributed by atoms with van der Waals surface area (Å²) in [5, 5.41) is 9.24. The molecule has 18 heavy (non-hydrogen) atoms. The van der Waals surface area contributed by atoms with Crippen LogP contribution < -0.4 is 0 Å². The smallest absolute Gasteiger partial charge is 0.321 e. The molecule has 0 spiro atoms. The van der Waals surface area contributed by atoms with Gasteiger partial charge in [0.1, 0.15) is 6.04 Å². The zero-order valence-electron chi connectivity index (χ0n) is 10.8. The highest BCUT2D eigenvalue weighted by atomic mass is 32.2. The van der Waals surface area contributed by atoms with E-state index < -0.39 is 5.97 Å². The molecule has 1 heterocycles. The molecule has 1 aromatic rings. The van der Waals surface area contributed by atoms with Crippen LogP contribution in [-0.4, -0.2) is 40.1 Å². The lowest BCUT2D eigenvalue weighted by Crippen LogP contribution is -2.46. The first-order valence-corrected chi connectivity index (χ1v) is 7.33. The minimum Gasteiger partial charge on any atom is -0.480 e. The monoisotopic (exact) mass is 265 g/mol. The summed E-state index contributed by atoms with van der Waals surface area (Å²) in [6.45, 7) is 5.75. The van der Waals surface area contributed by atoms with Gasteiger partial charge in [0, 0.05) is 24.6 Å². The van der Waals surface area contributed by atoms with Crippen molar-refractivity contribution in [1.29, 1.82) is 0 Å². The highest BCUT2D eigenvalue weighted by Crippen LogP contribution is 2.20. The molecule has 1 atom stereocenters. The summed E-state index contributed by atoms with van der Waals surface area (Å²) in [6.07, 6.45) is 0. The standard InChI is InChI=1S/C14H19NO2S/c1-10-5-11(2)7-12(6-10)8-15-3-4-18-9-13(15)14(16)17/h5-7,13H,3-4,8-9H2,1-2H3,(H,16,17). The van der Waals surface area contributed by atoms with Crippen LogP contribution in [-0.2, 0) is 11.3 Å². The van der Waals surface area contributed by atoms with Gasteiger partial charge in [0.25, 0.3) is 0 Å². The van der Waals surface area contributed by atoms with E-state index in [1.54, 1.807) is 11.8 Å². The minimum absolute atomic E-state index is 0.343. The van der Waals surface area contributed by atoms with Crippen molar-refractivity contribution in [2.45, 2.75) is 26.4 Å². The first-order valence-electron chi connectivity index (χ1n) is 6.18. The average molecular weight is 265 g/mol. The lowest BCUT2D eigenvalue weighted by molar-refractivity contribution is -0.142. The van der Waals surface area contributed by atoms with Crippen molar-refractivity contribution >= 4 is 17.7 Å². The number of carbonyl (C=O) groups is 1. The van der Waals surface area contributed by atoms with Crippen molar-refractivity contribution in [3.8, 4) is 0 Å². The number of rotatable bonds is 3. The summed E-state index contributed by atoms with van der Waals surface area (Å²) < 4.78 is 0. The Morgan fingerprint density at radius 2 is 2.06 bits per heavy atom. The number of hydrogen-bond acceptors (Lipinski definition) is 3. The Labute approximate surface area is 112 Å². The Bertz CT molecular complexity index is 427. The molecular formula is C14H19NO2S. The maximum atomic E-state index is 11.2. The Kier molecular flexibility index (Phi) is 4.30. The molecule has 0 bridgehead atoms. The van der Waals surface area contributed by atoms with Crippen molar-refractivity contribution in [1.82, 2.24) is 4.90 Å². The van der Waals surface area contributed by atoms with Crippen LogP contribution in [0.2, 0.25) is 0 Å². The van der Waals surface area contributed by atoms with Crippen LogP contribution in [0.5, 0.6) is 0 Å². The lowest BCUT2D eigenvalue weighted by Gasteiger charge is -2.32. The number of nitrogens with zero attached hydrogens (tertiary/aromatic N) is 1. The second-order valence-electron chi connectivity index (χ2n) is 4.90. The van der Waals surface area contributed by atoms with E-state index in [4.69, 9.17) is 0 Å². The van der Waals surface area contributed by atoms with Crippen LogP contribution in [0.25, 0.3) is 0 Å². The molecule has 1 fully saturated rings. The molecular weight excluding hydrogens is 246 g/mol. The SMILES string of the molecule is Cc1cc(C)cc(CN2CCSCC2C(=O)O)c1. The van der Waals surface area contributed by atoms with Crippen molar-refractivity contribution in [3.05, 3.63) is 34.9 Å². The third-order valence-electron chi connectivity index (χ3n) is 3.19. The number of aryl methyl sites for hydroxylation is 2. The number of hydrogen-bond donors (Lipinski definition) is 1. The van der Waals surface area contributed by atoms with Crippen molar-refractivity contribution in [2.24, 2.45) is 0 Å². The van der Waals surface area contributed by atoms with Gasteiger partial charge >= 0.3 is 5.97 Å². The van der Waals surface area contributed by atoms with Crippen molar-refractivity contribution < 1.29 is 9.90 Å². The van der Waals surface area contributed by atoms with Crippen molar-refractivity contribution in [2.75, 3.05) is 18.1 Å².